The van der Waals surface area contributed by atoms with Crippen molar-refractivity contribution in [2.45, 2.75) is 39.8 Å². The molecule has 0 fully saturated rings. The van der Waals surface area contributed by atoms with Gasteiger partial charge in [0, 0.05) is 48.7 Å². The van der Waals surface area contributed by atoms with Crippen LogP contribution < -0.4 is 16.0 Å². The molecule has 0 bridgehead atoms. The van der Waals surface area contributed by atoms with Crippen LogP contribution in [-0.4, -0.2) is 36.9 Å². The number of anilines is 2. The third-order valence-corrected chi connectivity index (χ3v) is 6.51. The quantitative estimate of drug-likeness (QED) is 0.385. The normalized spacial score (nSPS) is 13.2. The van der Waals surface area contributed by atoms with E-state index < -0.39 is 0 Å². The topological polar surface area (TPSA) is 73.5 Å². The molecule has 0 radical (unpaired) electrons. The molecule has 4 rings (SSSR count). The SMILES string of the molecule is CC(C)CCNc1ccc(C(=O)NCc2cccc(C(=O)Nc3ccc4c(c3)CN(C)CC4)c2)cc1. The van der Waals surface area contributed by atoms with Crippen LogP contribution in [0.3, 0.4) is 0 Å². The number of hydrogen-bond acceptors (Lipinski definition) is 4. The summed E-state index contributed by atoms with van der Waals surface area (Å²) in [6.45, 7) is 7.61. The van der Waals surface area contributed by atoms with E-state index in [1.165, 1.54) is 11.1 Å². The number of hydrogen-bond donors (Lipinski definition) is 3. The molecule has 3 N–H and O–H groups in total. The minimum Gasteiger partial charge on any atom is -0.385 e. The number of carbonyl (C=O) groups is 2. The summed E-state index contributed by atoms with van der Waals surface area (Å²) in [6.07, 6.45) is 2.14. The molecule has 188 valence electrons. The first-order valence-corrected chi connectivity index (χ1v) is 12.7. The van der Waals surface area contributed by atoms with Crippen molar-refractivity contribution in [1.82, 2.24) is 10.2 Å². The number of amides is 2. The summed E-state index contributed by atoms with van der Waals surface area (Å²) in [7, 11) is 2.11. The predicted molar refractivity (Wildman–Crippen MR) is 146 cm³/mol. The number of carbonyl (C=O) groups excluding carboxylic acids is 2. The number of nitrogens with one attached hydrogen (secondary N) is 3. The van der Waals surface area contributed by atoms with Crippen LogP contribution in [0.25, 0.3) is 0 Å². The van der Waals surface area contributed by atoms with Crippen molar-refractivity contribution in [1.29, 1.82) is 0 Å². The Morgan fingerprint density at radius 2 is 1.67 bits per heavy atom. The molecule has 0 unspecified atom stereocenters. The van der Waals surface area contributed by atoms with E-state index >= 15 is 0 Å². The van der Waals surface area contributed by atoms with E-state index in [1.54, 1.807) is 6.07 Å². The van der Waals surface area contributed by atoms with E-state index in [1.807, 2.05) is 48.5 Å². The van der Waals surface area contributed by atoms with Crippen LogP contribution in [0.2, 0.25) is 0 Å². The first kappa shape index (κ1) is 25.5. The molecule has 0 spiro atoms. The predicted octanol–water partition coefficient (Wildman–Crippen LogP) is 5.31. The van der Waals surface area contributed by atoms with Gasteiger partial charge in [-0.2, -0.15) is 0 Å². The molecule has 1 aliphatic heterocycles. The van der Waals surface area contributed by atoms with Crippen molar-refractivity contribution in [3.05, 3.63) is 94.5 Å². The molecule has 36 heavy (non-hydrogen) atoms. The van der Waals surface area contributed by atoms with E-state index in [0.717, 1.165) is 49.4 Å². The summed E-state index contributed by atoms with van der Waals surface area (Å²) < 4.78 is 0. The molecule has 2 amide bonds. The van der Waals surface area contributed by atoms with Gasteiger partial charge in [-0.15, -0.1) is 0 Å². The van der Waals surface area contributed by atoms with Gasteiger partial charge in [0.1, 0.15) is 0 Å². The van der Waals surface area contributed by atoms with Gasteiger partial charge >= 0.3 is 0 Å². The highest BCUT2D eigenvalue weighted by Gasteiger charge is 2.15. The smallest absolute Gasteiger partial charge is 0.255 e. The number of rotatable bonds is 9. The molecule has 1 heterocycles. The lowest BCUT2D eigenvalue weighted by Gasteiger charge is -2.25. The lowest BCUT2D eigenvalue weighted by Crippen LogP contribution is -2.26. The maximum absolute atomic E-state index is 12.9. The van der Waals surface area contributed by atoms with Gasteiger partial charge in [0.25, 0.3) is 11.8 Å². The largest absolute Gasteiger partial charge is 0.385 e. The van der Waals surface area contributed by atoms with Gasteiger partial charge in [-0.1, -0.05) is 32.0 Å². The molecule has 0 atom stereocenters. The first-order chi connectivity index (χ1) is 17.4. The Kier molecular flexibility index (Phi) is 8.39. The Hall–Kier alpha value is -3.64. The van der Waals surface area contributed by atoms with Crippen LogP contribution in [0.4, 0.5) is 11.4 Å². The van der Waals surface area contributed by atoms with Crippen molar-refractivity contribution >= 4 is 23.2 Å². The van der Waals surface area contributed by atoms with Crippen molar-refractivity contribution < 1.29 is 9.59 Å². The zero-order valence-electron chi connectivity index (χ0n) is 21.4. The zero-order valence-corrected chi connectivity index (χ0v) is 21.4. The molecular formula is C30H36N4O2. The molecule has 1 aliphatic rings. The number of nitrogens with zero attached hydrogens (tertiary/aromatic N) is 1. The first-order valence-electron chi connectivity index (χ1n) is 12.7. The lowest BCUT2D eigenvalue weighted by molar-refractivity contribution is 0.0950. The molecule has 0 aromatic heterocycles. The second kappa shape index (κ2) is 11.9. The highest BCUT2D eigenvalue weighted by molar-refractivity contribution is 6.04. The third-order valence-electron chi connectivity index (χ3n) is 6.51. The third kappa shape index (κ3) is 6.95. The number of fused-ring (bicyclic) bond motifs is 1. The molecular weight excluding hydrogens is 448 g/mol. The average Bonchev–Trinajstić information content (AvgIpc) is 2.87. The van der Waals surface area contributed by atoms with E-state index in [2.05, 4.69) is 53.9 Å². The van der Waals surface area contributed by atoms with Gasteiger partial charge in [0.05, 0.1) is 0 Å². The molecule has 6 heteroatoms. The van der Waals surface area contributed by atoms with E-state index in [-0.39, 0.29) is 11.8 Å². The summed E-state index contributed by atoms with van der Waals surface area (Å²) in [5, 5.41) is 9.35. The number of benzene rings is 3. The molecule has 3 aromatic carbocycles. The van der Waals surface area contributed by atoms with Gasteiger partial charge in [-0.05, 0) is 91.0 Å². The van der Waals surface area contributed by atoms with E-state index in [4.69, 9.17) is 0 Å². The van der Waals surface area contributed by atoms with E-state index in [0.29, 0.717) is 23.6 Å². The highest BCUT2D eigenvalue weighted by Crippen LogP contribution is 2.22. The van der Waals surface area contributed by atoms with Gasteiger partial charge in [0.15, 0.2) is 0 Å². The van der Waals surface area contributed by atoms with Crippen LogP contribution in [0, 0.1) is 5.92 Å². The molecule has 0 aliphatic carbocycles. The van der Waals surface area contributed by atoms with Crippen LogP contribution in [0.1, 0.15) is 57.7 Å². The summed E-state index contributed by atoms with van der Waals surface area (Å²) in [4.78, 5) is 27.8. The van der Waals surface area contributed by atoms with Gasteiger partial charge in [-0.3, -0.25) is 9.59 Å². The molecule has 3 aromatic rings. The Morgan fingerprint density at radius 3 is 2.44 bits per heavy atom. The summed E-state index contributed by atoms with van der Waals surface area (Å²) in [5.74, 6) is 0.350. The fourth-order valence-electron chi connectivity index (χ4n) is 4.33. The highest BCUT2D eigenvalue weighted by atomic mass is 16.2. The van der Waals surface area contributed by atoms with Gasteiger partial charge < -0.3 is 20.9 Å². The van der Waals surface area contributed by atoms with Crippen molar-refractivity contribution in [2.24, 2.45) is 5.92 Å². The Balaban J connectivity index is 1.31. The maximum Gasteiger partial charge on any atom is 0.255 e. The lowest BCUT2D eigenvalue weighted by atomic mass is 9.99. The summed E-state index contributed by atoms with van der Waals surface area (Å²) in [5.41, 5.74) is 6.46. The second-order valence-electron chi connectivity index (χ2n) is 10.00. The van der Waals surface area contributed by atoms with E-state index in [9.17, 15) is 9.59 Å². The standard InChI is InChI=1S/C30H36N4O2/c1-21(2)13-15-31-27-10-8-24(9-11-27)29(35)32-19-22-5-4-6-25(17-22)30(36)33-28-12-7-23-14-16-34(3)20-26(23)18-28/h4-12,17-18,21,31H,13-16,19-20H2,1-3H3,(H,32,35)(H,33,36). The monoisotopic (exact) mass is 484 g/mol. The second-order valence-corrected chi connectivity index (χ2v) is 10.00. The van der Waals surface area contributed by atoms with Crippen molar-refractivity contribution in [3.63, 3.8) is 0 Å². The zero-order chi connectivity index (χ0) is 25.5. The molecule has 6 nitrogen and oxygen atoms in total. The van der Waals surface area contributed by atoms with Crippen LogP contribution in [0.5, 0.6) is 0 Å². The fourth-order valence-corrected chi connectivity index (χ4v) is 4.33. The summed E-state index contributed by atoms with van der Waals surface area (Å²) >= 11 is 0. The minimum atomic E-state index is -0.159. The van der Waals surface area contributed by atoms with Crippen LogP contribution in [-0.2, 0) is 19.5 Å². The van der Waals surface area contributed by atoms with Crippen molar-refractivity contribution in [2.75, 3.05) is 30.8 Å². The van der Waals surface area contributed by atoms with Gasteiger partial charge in [-0.25, -0.2) is 0 Å². The fraction of sp³-hybridized carbons (Fsp3) is 0.333. The minimum absolute atomic E-state index is 0.141. The number of likely N-dealkylation sites (N-methyl/N-ethyl adjacent to an activating group) is 1. The van der Waals surface area contributed by atoms with Crippen molar-refractivity contribution in [3.8, 4) is 0 Å². The Labute approximate surface area is 214 Å². The molecule has 0 saturated carbocycles. The van der Waals surface area contributed by atoms with Crippen LogP contribution in [0.15, 0.2) is 66.7 Å². The average molecular weight is 485 g/mol. The molecule has 0 saturated heterocycles. The van der Waals surface area contributed by atoms with Crippen LogP contribution >= 0.6 is 0 Å². The Morgan fingerprint density at radius 1 is 0.889 bits per heavy atom. The summed E-state index contributed by atoms with van der Waals surface area (Å²) in [6, 6.07) is 21.0. The van der Waals surface area contributed by atoms with Gasteiger partial charge in [0.2, 0.25) is 0 Å². The maximum atomic E-state index is 12.9. The Bertz CT molecular complexity index is 1200.